The lowest BCUT2D eigenvalue weighted by Gasteiger charge is -2.12. The molecular weight excluding hydrogens is 495 g/mol. The number of carbonyl (C=O) groups excluding carboxylic acids is 1. The molecule has 3 rings (SSSR count). The highest BCUT2D eigenvalue weighted by molar-refractivity contribution is 5.95. The molecule has 0 spiro atoms. The van der Waals surface area contributed by atoms with Crippen LogP contribution in [0.2, 0.25) is 0 Å². The van der Waals surface area contributed by atoms with Gasteiger partial charge >= 0.3 is 0 Å². The number of nitrogens with two attached hydrogens (primary N) is 1. The summed E-state index contributed by atoms with van der Waals surface area (Å²) in [6.07, 6.45) is 0. The predicted molar refractivity (Wildman–Crippen MR) is 142 cm³/mol. The Labute approximate surface area is 220 Å². The molecule has 1 heterocycles. The van der Waals surface area contributed by atoms with Gasteiger partial charge in [-0.1, -0.05) is 18.2 Å². The van der Waals surface area contributed by atoms with E-state index in [0.717, 1.165) is 0 Å². The number of anilines is 4. The van der Waals surface area contributed by atoms with E-state index in [-0.39, 0.29) is 42.7 Å². The molecule has 2 aromatic carbocycles. The van der Waals surface area contributed by atoms with E-state index < -0.39 is 0 Å². The fourth-order valence-corrected chi connectivity index (χ4v) is 3.20. The second kappa shape index (κ2) is 16.0. The summed E-state index contributed by atoms with van der Waals surface area (Å²) in [4.78, 5) is 25.5. The van der Waals surface area contributed by atoms with Gasteiger partial charge in [0.05, 0.1) is 33.0 Å². The zero-order valence-electron chi connectivity index (χ0n) is 21.0. The molecule has 12 nitrogen and oxygen atoms in total. The Balaban J connectivity index is 1.59. The van der Waals surface area contributed by atoms with Crippen molar-refractivity contribution < 1.29 is 23.8 Å². The molecule has 1 amide bonds. The number of nitrogens with zero attached hydrogens (tertiary/aromatic N) is 3. The van der Waals surface area contributed by atoms with Gasteiger partial charge in [0, 0.05) is 37.4 Å². The molecule has 3 aromatic rings. The van der Waals surface area contributed by atoms with Crippen molar-refractivity contribution in [1.82, 2.24) is 20.3 Å². The molecule has 7 N–H and O–H groups in total. The summed E-state index contributed by atoms with van der Waals surface area (Å²) in [7, 11) is 0. The van der Waals surface area contributed by atoms with Crippen molar-refractivity contribution in [3.63, 3.8) is 0 Å². The predicted octanol–water partition coefficient (Wildman–Crippen LogP) is 1.49. The number of aliphatic hydroxyl groups excluding tert-OH is 1. The first kappa shape index (κ1) is 28.7. The molecule has 204 valence electrons. The minimum Gasteiger partial charge on any atom is -0.395 e. The first-order valence-electron chi connectivity index (χ1n) is 12.2. The normalized spacial score (nSPS) is 10.7. The van der Waals surface area contributed by atoms with Crippen LogP contribution in [0.5, 0.6) is 0 Å². The lowest BCUT2D eigenvalue weighted by molar-refractivity contribution is 0.0511. The molecule has 0 fully saturated rings. The zero-order valence-corrected chi connectivity index (χ0v) is 21.0. The van der Waals surface area contributed by atoms with Crippen molar-refractivity contribution in [3.05, 3.63) is 65.5 Å². The van der Waals surface area contributed by atoms with E-state index in [0.29, 0.717) is 62.9 Å². The van der Waals surface area contributed by atoms with Crippen LogP contribution in [0.15, 0.2) is 48.5 Å². The minimum absolute atomic E-state index is 0.106. The molecule has 0 aliphatic rings. The number of aliphatic hydroxyl groups is 1. The maximum atomic E-state index is 13.5. The Morgan fingerprint density at radius 2 is 1.63 bits per heavy atom. The van der Waals surface area contributed by atoms with Crippen molar-refractivity contribution >= 4 is 29.4 Å². The summed E-state index contributed by atoms with van der Waals surface area (Å²) < 4.78 is 24.1. The molecule has 0 radical (unpaired) electrons. The van der Waals surface area contributed by atoms with Gasteiger partial charge in [-0.15, -0.1) is 0 Å². The first-order chi connectivity index (χ1) is 18.6. The second-order valence-electron chi connectivity index (χ2n) is 7.92. The van der Waals surface area contributed by atoms with Gasteiger partial charge in [0.1, 0.15) is 5.82 Å². The largest absolute Gasteiger partial charge is 0.395 e. The molecule has 0 aliphatic carbocycles. The van der Waals surface area contributed by atoms with E-state index in [1.165, 1.54) is 12.1 Å². The van der Waals surface area contributed by atoms with Crippen molar-refractivity contribution in [2.45, 2.75) is 6.54 Å². The molecular formula is C25H33FN8O4. The summed E-state index contributed by atoms with van der Waals surface area (Å²) in [6, 6.07) is 13.0. The number of amides is 1. The molecule has 0 aliphatic heterocycles. The quantitative estimate of drug-likeness (QED) is 0.140. The van der Waals surface area contributed by atoms with Crippen molar-refractivity contribution in [2.24, 2.45) is 5.73 Å². The number of hydrogen-bond donors (Lipinski definition) is 6. The van der Waals surface area contributed by atoms with E-state index >= 15 is 0 Å². The fraction of sp³-hybridized carbons (Fsp3) is 0.360. The first-order valence-corrected chi connectivity index (χ1v) is 12.2. The van der Waals surface area contributed by atoms with Crippen LogP contribution in [0.1, 0.15) is 15.9 Å². The van der Waals surface area contributed by atoms with Gasteiger partial charge in [-0.3, -0.25) is 4.79 Å². The Kier molecular flexibility index (Phi) is 12.1. The number of hydrogen-bond acceptors (Lipinski definition) is 11. The number of halogens is 1. The monoisotopic (exact) mass is 528 g/mol. The third kappa shape index (κ3) is 10.2. The van der Waals surface area contributed by atoms with Crippen LogP contribution < -0.4 is 27.0 Å². The molecule has 0 unspecified atom stereocenters. The number of benzene rings is 2. The van der Waals surface area contributed by atoms with Crippen molar-refractivity contribution in [1.29, 1.82) is 0 Å². The molecule has 0 bridgehead atoms. The van der Waals surface area contributed by atoms with Gasteiger partial charge < -0.3 is 41.6 Å². The van der Waals surface area contributed by atoms with Crippen LogP contribution in [-0.2, 0) is 16.0 Å². The van der Waals surface area contributed by atoms with Crippen molar-refractivity contribution in [2.75, 3.05) is 68.6 Å². The summed E-state index contributed by atoms with van der Waals surface area (Å²) in [5.41, 5.74) is 7.09. The third-order valence-corrected chi connectivity index (χ3v) is 4.92. The number of aromatic nitrogens is 3. The summed E-state index contributed by atoms with van der Waals surface area (Å²) in [5.74, 6) is 0.104. The van der Waals surface area contributed by atoms with E-state index in [1.54, 1.807) is 36.4 Å². The Morgan fingerprint density at radius 1 is 0.895 bits per heavy atom. The van der Waals surface area contributed by atoms with Crippen molar-refractivity contribution in [3.8, 4) is 0 Å². The smallest absolute Gasteiger partial charge is 0.251 e. The summed E-state index contributed by atoms with van der Waals surface area (Å²) in [5, 5.41) is 21.0. The lowest BCUT2D eigenvalue weighted by atomic mass is 10.2. The van der Waals surface area contributed by atoms with Gasteiger partial charge in [-0.2, -0.15) is 15.0 Å². The molecule has 13 heteroatoms. The molecule has 38 heavy (non-hydrogen) atoms. The highest BCUT2D eigenvalue weighted by atomic mass is 19.1. The average molecular weight is 529 g/mol. The molecule has 1 aromatic heterocycles. The number of nitrogens with one attached hydrogen (secondary N) is 4. The fourth-order valence-electron chi connectivity index (χ4n) is 3.20. The number of ether oxygens (including phenoxy) is 2. The third-order valence-electron chi connectivity index (χ3n) is 4.92. The number of carbonyl (C=O) groups is 1. The molecule has 0 saturated heterocycles. The van der Waals surface area contributed by atoms with Crippen LogP contribution in [0.4, 0.5) is 27.9 Å². The Morgan fingerprint density at radius 3 is 2.39 bits per heavy atom. The van der Waals surface area contributed by atoms with Gasteiger partial charge in [0.2, 0.25) is 17.8 Å². The van der Waals surface area contributed by atoms with Gasteiger partial charge in [0.15, 0.2) is 0 Å². The second-order valence-corrected chi connectivity index (χ2v) is 7.92. The van der Waals surface area contributed by atoms with Crippen LogP contribution in [0, 0.1) is 5.82 Å². The van der Waals surface area contributed by atoms with E-state index in [1.807, 2.05) is 0 Å². The average Bonchev–Trinajstić information content (AvgIpc) is 2.92. The van der Waals surface area contributed by atoms with Gasteiger partial charge in [-0.25, -0.2) is 4.39 Å². The van der Waals surface area contributed by atoms with Crippen LogP contribution in [-0.4, -0.2) is 78.6 Å². The van der Waals surface area contributed by atoms with Crippen LogP contribution in [0.3, 0.4) is 0 Å². The Hall–Kier alpha value is -3.91. The summed E-state index contributed by atoms with van der Waals surface area (Å²) >= 11 is 0. The molecule has 0 atom stereocenters. The lowest BCUT2D eigenvalue weighted by Crippen LogP contribution is -2.27. The van der Waals surface area contributed by atoms with E-state index in [2.05, 4.69) is 36.2 Å². The highest BCUT2D eigenvalue weighted by Crippen LogP contribution is 2.18. The van der Waals surface area contributed by atoms with Crippen LogP contribution in [0.25, 0.3) is 0 Å². The van der Waals surface area contributed by atoms with Crippen LogP contribution >= 0.6 is 0 Å². The number of rotatable bonds is 17. The maximum absolute atomic E-state index is 13.5. The zero-order chi connectivity index (χ0) is 27.0. The molecule has 0 saturated carbocycles. The highest BCUT2D eigenvalue weighted by Gasteiger charge is 2.10. The van der Waals surface area contributed by atoms with E-state index in [4.69, 9.17) is 20.3 Å². The summed E-state index contributed by atoms with van der Waals surface area (Å²) in [6.45, 7) is 2.97. The van der Waals surface area contributed by atoms with Gasteiger partial charge in [-0.05, 0) is 35.9 Å². The topological polar surface area (TPSA) is 169 Å². The SMILES string of the molecule is NCCOCCOCCNC(=O)c1cccc(Nc2nc(NCCO)nc(NCc3cccc(F)c3)n2)c1. The standard InChI is InChI=1S/C25H33FN8O4/c26-20-5-1-3-18(15-20)17-30-24-32-23(29-8-10-35)33-25(34-24)31-21-6-2-4-19(16-21)22(36)28-9-12-38-14-13-37-11-7-27/h1-6,15-16,35H,7-14,17,27H2,(H,28,36)(H3,29,30,31,32,33,34). The Bertz CT molecular complexity index is 1150. The van der Waals surface area contributed by atoms with E-state index in [9.17, 15) is 9.18 Å². The van der Waals surface area contributed by atoms with Gasteiger partial charge in [0.25, 0.3) is 5.91 Å². The minimum atomic E-state index is -0.336. The maximum Gasteiger partial charge on any atom is 0.251 e.